The predicted molar refractivity (Wildman–Crippen MR) is 81.3 cm³/mol. The molecule has 2 aromatic rings. The van der Waals surface area contributed by atoms with E-state index >= 15 is 0 Å². The van der Waals surface area contributed by atoms with Crippen molar-refractivity contribution in [3.63, 3.8) is 0 Å². The molecule has 2 amide bonds. The first-order chi connectivity index (χ1) is 11.0. The normalized spacial score (nSPS) is 11.7. The maximum absolute atomic E-state index is 13.1. The lowest BCUT2D eigenvalue weighted by atomic mass is 10.1. The van der Waals surface area contributed by atoms with Gasteiger partial charge in [-0.25, -0.2) is 13.6 Å². The number of halogens is 2. The third kappa shape index (κ3) is 4.65. The minimum atomic E-state index is -1.15. The number of methoxy groups -OCH3 is 1. The van der Waals surface area contributed by atoms with Crippen LogP contribution < -0.4 is 15.4 Å². The van der Waals surface area contributed by atoms with Crippen molar-refractivity contribution in [3.8, 4) is 5.75 Å². The average Bonchev–Trinajstić information content (AvgIpc) is 2.56. The maximum Gasteiger partial charge on any atom is 0.319 e. The van der Waals surface area contributed by atoms with Crippen LogP contribution in [0.15, 0.2) is 42.5 Å². The molecule has 2 rings (SSSR count). The first-order valence-corrected chi connectivity index (χ1v) is 6.81. The standard InChI is InChI=1S/C16H16F2N2O3/c1-23-12-5-3-11(4-6-12)20-16(22)19-9-15(21)10-2-7-13(17)14(18)8-10/h2-8,15,21H,9H2,1H3,(H2,19,20,22)/t15-/m0/s1. The number of nitrogens with one attached hydrogen (secondary N) is 2. The monoisotopic (exact) mass is 322 g/mol. The summed E-state index contributed by atoms with van der Waals surface area (Å²) in [5.74, 6) is -1.39. The molecular weight excluding hydrogens is 306 g/mol. The molecule has 1 atom stereocenters. The van der Waals surface area contributed by atoms with Gasteiger partial charge in [0.25, 0.3) is 0 Å². The number of ether oxygens (including phenoxy) is 1. The van der Waals surface area contributed by atoms with Gasteiger partial charge in [0.05, 0.1) is 13.2 Å². The van der Waals surface area contributed by atoms with Gasteiger partial charge in [-0.15, -0.1) is 0 Å². The lowest BCUT2D eigenvalue weighted by molar-refractivity contribution is 0.174. The number of carbonyl (C=O) groups excluding carboxylic acids is 1. The van der Waals surface area contributed by atoms with E-state index in [0.29, 0.717) is 11.4 Å². The molecular formula is C16H16F2N2O3. The maximum atomic E-state index is 13.1. The zero-order chi connectivity index (χ0) is 16.8. The van der Waals surface area contributed by atoms with Gasteiger partial charge in [-0.2, -0.15) is 0 Å². The second kappa shape index (κ2) is 7.55. The average molecular weight is 322 g/mol. The van der Waals surface area contributed by atoms with Crippen molar-refractivity contribution >= 4 is 11.7 Å². The van der Waals surface area contributed by atoms with E-state index < -0.39 is 23.8 Å². The van der Waals surface area contributed by atoms with E-state index in [-0.39, 0.29) is 12.1 Å². The van der Waals surface area contributed by atoms with Gasteiger partial charge < -0.3 is 20.5 Å². The third-order valence-corrected chi connectivity index (χ3v) is 3.13. The van der Waals surface area contributed by atoms with Crippen molar-refractivity contribution in [1.82, 2.24) is 5.32 Å². The van der Waals surface area contributed by atoms with Gasteiger partial charge in [0.15, 0.2) is 11.6 Å². The molecule has 0 fully saturated rings. The summed E-state index contributed by atoms with van der Waals surface area (Å²) in [5.41, 5.74) is 0.722. The van der Waals surface area contributed by atoms with Crippen LogP contribution in [0.3, 0.4) is 0 Å². The third-order valence-electron chi connectivity index (χ3n) is 3.13. The van der Waals surface area contributed by atoms with Gasteiger partial charge in [0.2, 0.25) is 0 Å². The van der Waals surface area contributed by atoms with E-state index in [1.165, 1.54) is 13.2 Å². The summed E-state index contributed by atoms with van der Waals surface area (Å²) in [6, 6.07) is 9.23. The molecule has 0 unspecified atom stereocenters. The highest BCUT2D eigenvalue weighted by atomic mass is 19.2. The summed E-state index contributed by atoms with van der Waals surface area (Å²) in [6.07, 6.45) is -1.15. The first kappa shape index (κ1) is 16.7. The van der Waals surface area contributed by atoms with E-state index in [9.17, 15) is 18.7 Å². The molecule has 0 aliphatic carbocycles. The van der Waals surface area contributed by atoms with Gasteiger partial charge in [-0.3, -0.25) is 0 Å². The predicted octanol–water partition coefficient (Wildman–Crippen LogP) is 2.83. The number of benzene rings is 2. The number of hydrogen-bond acceptors (Lipinski definition) is 3. The van der Waals surface area contributed by atoms with Crippen molar-refractivity contribution in [2.75, 3.05) is 19.0 Å². The number of urea groups is 1. The fraction of sp³-hybridized carbons (Fsp3) is 0.188. The summed E-state index contributed by atoms with van der Waals surface area (Å²) < 4.78 is 30.9. The number of amides is 2. The highest BCUT2D eigenvalue weighted by molar-refractivity contribution is 5.89. The Morgan fingerprint density at radius 2 is 1.87 bits per heavy atom. The second-order valence-electron chi connectivity index (χ2n) is 4.75. The Labute approximate surface area is 131 Å². The lowest BCUT2D eigenvalue weighted by Gasteiger charge is -2.13. The molecule has 7 heteroatoms. The smallest absolute Gasteiger partial charge is 0.319 e. The Morgan fingerprint density at radius 3 is 2.48 bits per heavy atom. The fourth-order valence-corrected chi connectivity index (χ4v) is 1.88. The highest BCUT2D eigenvalue weighted by Crippen LogP contribution is 2.16. The highest BCUT2D eigenvalue weighted by Gasteiger charge is 2.12. The zero-order valence-corrected chi connectivity index (χ0v) is 12.3. The van der Waals surface area contributed by atoms with Crippen molar-refractivity contribution < 1.29 is 23.4 Å². The summed E-state index contributed by atoms with van der Waals surface area (Å²) in [4.78, 5) is 11.7. The Morgan fingerprint density at radius 1 is 1.17 bits per heavy atom. The van der Waals surface area contributed by atoms with Gasteiger partial charge in [0, 0.05) is 12.2 Å². The molecule has 0 heterocycles. The second-order valence-corrected chi connectivity index (χ2v) is 4.75. The van der Waals surface area contributed by atoms with Crippen molar-refractivity contribution in [2.24, 2.45) is 0 Å². The fourth-order valence-electron chi connectivity index (χ4n) is 1.88. The van der Waals surface area contributed by atoms with Gasteiger partial charge in [-0.05, 0) is 42.0 Å². The number of hydrogen-bond donors (Lipinski definition) is 3. The number of anilines is 1. The number of rotatable bonds is 5. The molecule has 0 bridgehead atoms. The number of aliphatic hydroxyl groups excluding tert-OH is 1. The Bertz CT molecular complexity index is 678. The summed E-state index contributed by atoms with van der Waals surface area (Å²) >= 11 is 0. The Hall–Kier alpha value is -2.67. The van der Waals surface area contributed by atoms with Crippen LogP contribution in [0.4, 0.5) is 19.3 Å². The molecule has 2 aromatic carbocycles. The zero-order valence-electron chi connectivity index (χ0n) is 12.3. The molecule has 3 N–H and O–H groups in total. The molecule has 0 radical (unpaired) electrons. The van der Waals surface area contributed by atoms with Crippen LogP contribution >= 0.6 is 0 Å². The number of aliphatic hydroxyl groups is 1. The molecule has 0 saturated carbocycles. The number of carbonyl (C=O) groups is 1. The van der Waals surface area contributed by atoms with E-state index in [0.717, 1.165) is 12.1 Å². The minimum Gasteiger partial charge on any atom is -0.497 e. The van der Waals surface area contributed by atoms with Crippen LogP contribution in [-0.2, 0) is 0 Å². The van der Waals surface area contributed by atoms with E-state index in [1.807, 2.05) is 0 Å². The van der Waals surface area contributed by atoms with Crippen LogP contribution in [0.1, 0.15) is 11.7 Å². The van der Waals surface area contributed by atoms with Crippen molar-refractivity contribution in [3.05, 3.63) is 59.7 Å². The molecule has 0 aromatic heterocycles. The SMILES string of the molecule is COc1ccc(NC(=O)NC[C@H](O)c2ccc(F)c(F)c2)cc1. The molecule has 122 valence electrons. The molecule has 0 saturated heterocycles. The van der Waals surface area contributed by atoms with E-state index in [4.69, 9.17) is 4.74 Å². The van der Waals surface area contributed by atoms with Crippen LogP contribution in [0, 0.1) is 11.6 Å². The lowest BCUT2D eigenvalue weighted by Crippen LogP contribution is -2.32. The molecule has 0 spiro atoms. The molecule has 0 aliphatic rings. The Kier molecular flexibility index (Phi) is 5.48. The van der Waals surface area contributed by atoms with Crippen molar-refractivity contribution in [1.29, 1.82) is 0 Å². The topological polar surface area (TPSA) is 70.6 Å². The quantitative estimate of drug-likeness (QED) is 0.793. The van der Waals surface area contributed by atoms with E-state index in [2.05, 4.69) is 10.6 Å². The van der Waals surface area contributed by atoms with Crippen LogP contribution in [0.5, 0.6) is 5.75 Å². The molecule has 5 nitrogen and oxygen atoms in total. The van der Waals surface area contributed by atoms with Crippen molar-refractivity contribution in [2.45, 2.75) is 6.10 Å². The summed E-state index contributed by atoms with van der Waals surface area (Å²) in [7, 11) is 1.54. The summed E-state index contributed by atoms with van der Waals surface area (Å²) in [6.45, 7) is -0.146. The summed E-state index contributed by atoms with van der Waals surface area (Å²) in [5, 5.41) is 14.9. The van der Waals surface area contributed by atoms with Crippen LogP contribution in [0.2, 0.25) is 0 Å². The largest absolute Gasteiger partial charge is 0.497 e. The Balaban J connectivity index is 1.86. The van der Waals surface area contributed by atoms with Gasteiger partial charge in [0.1, 0.15) is 5.75 Å². The van der Waals surface area contributed by atoms with Gasteiger partial charge >= 0.3 is 6.03 Å². The van der Waals surface area contributed by atoms with E-state index in [1.54, 1.807) is 24.3 Å². The van der Waals surface area contributed by atoms with Crippen LogP contribution in [0.25, 0.3) is 0 Å². The molecule has 0 aliphatic heterocycles. The van der Waals surface area contributed by atoms with Crippen LogP contribution in [-0.4, -0.2) is 24.8 Å². The minimum absolute atomic E-state index is 0.146. The first-order valence-electron chi connectivity index (χ1n) is 6.81. The molecule has 23 heavy (non-hydrogen) atoms. The van der Waals surface area contributed by atoms with Gasteiger partial charge in [-0.1, -0.05) is 6.07 Å².